The van der Waals surface area contributed by atoms with Gasteiger partial charge in [-0.05, 0) is 25.2 Å². The van der Waals surface area contributed by atoms with Crippen LogP contribution in [-0.2, 0) is 4.79 Å². The van der Waals surface area contributed by atoms with Crippen LogP contribution in [0, 0.1) is 11.8 Å². The summed E-state index contributed by atoms with van der Waals surface area (Å²) in [6.45, 7) is 2.06. The molecule has 0 heterocycles. The molecule has 1 unspecified atom stereocenters. The highest BCUT2D eigenvalue weighted by atomic mass is 16.2. The number of nitrogens with two attached hydrogens (primary N) is 1. The molecule has 0 bridgehead atoms. The van der Waals surface area contributed by atoms with E-state index in [0.29, 0.717) is 5.92 Å². The second kappa shape index (κ2) is 5.22. The third-order valence-corrected chi connectivity index (χ3v) is 3.14. The van der Waals surface area contributed by atoms with Crippen molar-refractivity contribution in [3.63, 3.8) is 0 Å². The molecule has 1 amide bonds. The van der Waals surface area contributed by atoms with Gasteiger partial charge in [0, 0.05) is 5.92 Å². The summed E-state index contributed by atoms with van der Waals surface area (Å²) in [6, 6.07) is 0. The third-order valence-electron chi connectivity index (χ3n) is 3.14. The Labute approximate surface area is 80.0 Å². The van der Waals surface area contributed by atoms with Crippen molar-refractivity contribution in [2.24, 2.45) is 17.7 Å². The van der Waals surface area contributed by atoms with Gasteiger partial charge in [0.25, 0.3) is 0 Å². The van der Waals surface area contributed by atoms with Gasteiger partial charge in [0.05, 0.1) is 0 Å². The van der Waals surface area contributed by atoms with E-state index in [1.165, 1.54) is 32.1 Å². The lowest BCUT2D eigenvalue weighted by Crippen LogP contribution is -2.39. The smallest absolute Gasteiger partial charge is 0.237 e. The molecule has 1 rings (SSSR count). The van der Waals surface area contributed by atoms with Crippen LogP contribution in [0.4, 0.5) is 0 Å². The monoisotopic (exact) mass is 184 g/mol. The molecule has 13 heavy (non-hydrogen) atoms. The molecule has 1 saturated carbocycles. The minimum atomic E-state index is 0.0226. The number of hydrogen-bond donors (Lipinski definition) is 2. The van der Waals surface area contributed by atoms with Gasteiger partial charge in [-0.3, -0.25) is 10.2 Å². The van der Waals surface area contributed by atoms with E-state index in [1.807, 2.05) is 0 Å². The number of carbonyl (C=O) groups excluding carboxylic acids is 1. The standard InChI is InChI=1S/C10H20N2O/c1-2-9(10(13)12-11)8-6-4-3-5-7-8/h8-9H,2-7,11H2,1H3,(H,12,13). The average Bonchev–Trinajstić information content (AvgIpc) is 2.20. The van der Waals surface area contributed by atoms with Crippen LogP contribution >= 0.6 is 0 Å². The number of amides is 1. The van der Waals surface area contributed by atoms with E-state index in [2.05, 4.69) is 12.3 Å². The normalized spacial score (nSPS) is 21.1. The SMILES string of the molecule is CCC(C(=O)NN)C1CCCCC1. The number of carbonyl (C=O) groups is 1. The molecule has 1 aliphatic rings. The van der Waals surface area contributed by atoms with Crippen molar-refractivity contribution in [1.82, 2.24) is 5.43 Å². The van der Waals surface area contributed by atoms with E-state index >= 15 is 0 Å². The Morgan fingerprint density at radius 1 is 1.46 bits per heavy atom. The molecule has 0 aliphatic heterocycles. The molecule has 3 N–H and O–H groups in total. The highest BCUT2D eigenvalue weighted by Crippen LogP contribution is 2.31. The molecule has 0 spiro atoms. The molecular weight excluding hydrogens is 164 g/mol. The van der Waals surface area contributed by atoms with Gasteiger partial charge in [0.1, 0.15) is 0 Å². The first-order valence-corrected chi connectivity index (χ1v) is 5.30. The lowest BCUT2D eigenvalue weighted by molar-refractivity contribution is -0.127. The lowest BCUT2D eigenvalue weighted by atomic mass is 9.78. The zero-order valence-electron chi connectivity index (χ0n) is 8.38. The van der Waals surface area contributed by atoms with Crippen molar-refractivity contribution in [3.8, 4) is 0 Å². The van der Waals surface area contributed by atoms with E-state index in [0.717, 1.165) is 6.42 Å². The molecule has 0 saturated heterocycles. The predicted octanol–water partition coefficient (Wildman–Crippen LogP) is 1.58. The fourth-order valence-corrected chi connectivity index (χ4v) is 2.38. The van der Waals surface area contributed by atoms with E-state index < -0.39 is 0 Å². The number of hydrogen-bond acceptors (Lipinski definition) is 2. The molecule has 1 atom stereocenters. The van der Waals surface area contributed by atoms with Gasteiger partial charge in [0.15, 0.2) is 0 Å². The zero-order valence-corrected chi connectivity index (χ0v) is 8.38. The van der Waals surface area contributed by atoms with Crippen molar-refractivity contribution < 1.29 is 4.79 Å². The van der Waals surface area contributed by atoms with Crippen molar-refractivity contribution in [1.29, 1.82) is 0 Å². The van der Waals surface area contributed by atoms with Crippen LogP contribution in [-0.4, -0.2) is 5.91 Å². The second-order valence-corrected chi connectivity index (χ2v) is 3.92. The van der Waals surface area contributed by atoms with Crippen LogP contribution in [0.5, 0.6) is 0 Å². The Hall–Kier alpha value is -0.570. The average molecular weight is 184 g/mol. The van der Waals surface area contributed by atoms with Crippen molar-refractivity contribution in [2.75, 3.05) is 0 Å². The summed E-state index contributed by atoms with van der Waals surface area (Å²) in [7, 11) is 0. The van der Waals surface area contributed by atoms with Gasteiger partial charge in [-0.2, -0.15) is 0 Å². The summed E-state index contributed by atoms with van der Waals surface area (Å²) in [6.07, 6.45) is 7.20. The first-order chi connectivity index (χ1) is 6.29. The van der Waals surface area contributed by atoms with Gasteiger partial charge in [0.2, 0.25) is 5.91 Å². The number of hydrazine groups is 1. The maximum absolute atomic E-state index is 11.4. The largest absolute Gasteiger partial charge is 0.294 e. The minimum Gasteiger partial charge on any atom is -0.294 e. The molecule has 1 fully saturated rings. The first kappa shape index (κ1) is 10.5. The van der Waals surface area contributed by atoms with Crippen LogP contribution < -0.4 is 11.3 Å². The Kier molecular flexibility index (Phi) is 4.22. The van der Waals surface area contributed by atoms with Gasteiger partial charge >= 0.3 is 0 Å². The number of nitrogens with one attached hydrogen (secondary N) is 1. The van der Waals surface area contributed by atoms with Crippen LogP contribution in [0.2, 0.25) is 0 Å². The topological polar surface area (TPSA) is 55.1 Å². The van der Waals surface area contributed by atoms with Gasteiger partial charge in [-0.15, -0.1) is 0 Å². The molecule has 0 aromatic carbocycles. The summed E-state index contributed by atoms with van der Waals surface area (Å²) in [5.74, 6) is 5.89. The van der Waals surface area contributed by atoms with E-state index in [4.69, 9.17) is 5.84 Å². The lowest BCUT2D eigenvalue weighted by Gasteiger charge is -2.27. The van der Waals surface area contributed by atoms with Gasteiger partial charge < -0.3 is 0 Å². The Balaban J connectivity index is 2.48. The highest BCUT2D eigenvalue weighted by Gasteiger charge is 2.27. The Morgan fingerprint density at radius 2 is 2.08 bits per heavy atom. The Bertz CT molecular complexity index is 164. The highest BCUT2D eigenvalue weighted by molar-refractivity contribution is 5.78. The van der Waals surface area contributed by atoms with Gasteiger partial charge in [-0.1, -0.05) is 26.2 Å². The molecule has 0 aromatic rings. The summed E-state index contributed by atoms with van der Waals surface area (Å²) in [5, 5.41) is 0. The summed E-state index contributed by atoms with van der Waals surface area (Å²) >= 11 is 0. The first-order valence-electron chi connectivity index (χ1n) is 5.30. The van der Waals surface area contributed by atoms with Crippen LogP contribution in [0.3, 0.4) is 0 Å². The summed E-state index contributed by atoms with van der Waals surface area (Å²) in [4.78, 5) is 11.4. The van der Waals surface area contributed by atoms with Crippen LogP contribution in [0.1, 0.15) is 45.4 Å². The molecule has 0 radical (unpaired) electrons. The van der Waals surface area contributed by atoms with Crippen molar-refractivity contribution in [2.45, 2.75) is 45.4 Å². The molecule has 3 heteroatoms. The Morgan fingerprint density at radius 3 is 2.54 bits per heavy atom. The summed E-state index contributed by atoms with van der Waals surface area (Å²) in [5.41, 5.74) is 2.27. The van der Waals surface area contributed by atoms with Gasteiger partial charge in [-0.25, -0.2) is 5.84 Å². The predicted molar refractivity (Wildman–Crippen MR) is 52.7 cm³/mol. The van der Waals surface area contributed by atoms with Crippen molar-refractivity contribution in [3.05, 3.63) is 0 Å². The summed E-state index contributed by atoms with van der Waals surface area (Å²) < 4.78 is 0. The second-order valence-electron chi connectivity index (χ2n) is 3.92. The van der Waals surface area contributed by atoms with Crippen molar-refractivity contribution >= 4 is 5.91 Å². The molecule has 0 aromatic heterocycles. The third kappa shape index (κ3) is 2.69. The maximum Gasteiger partial charge on any atom is 0.237 e. The molecule has 1 aliphatic carbocycles. The van der Waals surface area contributed by atoms with Crippen LogP contribution in [0.25, 0.3) is 0 Å². The molecule has 3 nitrogen and oxygen atoms in total. The number of rotatable bonds is 3. The minimum absolute atomic E-state index is 0.0226. The van der Waals surface area contributed by atoms with E-state index in [9.17, 15) is 4.79 Å². The maximum atomic E-state index is 11.4. The molecular formula is C10H20N2O. The fraction of sp³-hybridized carbons (Fsp3) is 0.900. The quantitative estimate of drug-likeness (QED) is 0.397. The fourth-order valence-electron chi connectivity index (χ4n) is 2.38. The van der Waals surface area contributed by atoms with Crippen LogP contribution in [0.15, 0.2) is 0 Å². The zero-order chi connectivity index (χ0) is 9.68. The van der Waals surface area contributed by atoms with E-state index in [-0.39, 0.29) is 11.8 Å². The molecule has 76 valence electrons. The van der Waals surface area contributed by atoms with E-state index in [1.54, 1.807) is 0 Å².